The van der Waals surface area contributed by atoms with Crippen molar-refractivity contribution >= 4 is 34.8 Å². The molecular weight excluding hydrogens is 374 g/mol. The molecule has 6 heteroatoms. The second kappa shape index (κ2) is 9.58. The Morgan fingerprint density at radius 3 is 2.56 bits per heavy atom. The minimum atomic E-state index is -0.0842. The third-order valence-corrected chi connectivity index (χ3v) is 6.12. The first-order valence-corrected chi connectivity index (χ1v) is 10.6. The summed E-state index contributed by atoms with van der Waals surface area (Å²) in [5.41, 5.74) is 3.14. The molecule has 0 unspecified atom stereocenters. The first-order valence-electron chi connectivity index (χ1n) is 8.86. The van der Waals surface area contributed by atoms with Crippen molar-refractivity contribution in [2.24, 2.45) is 0 Å². The van der Waals surface area contributed by atoms with E-state index in [1.807, 2.05) is 61.8 Å². The second-order valence-electron chi connectivity index (χ2n) is 6.32. The smallest absolute Gasteiger partial charge is 0.321 e. The Balaban J connectivity index is 1.45. The SMILES string of the molecule is Cc1csc(Sc2ccc(NC(=O)N(C)CCCc3ccccc3)cc2)n1. The third-order valence-electron chi connectivity index (χ3n) is 4.06. The lowest BCUT2D eigenvalue weighted by molar-refractivity contribution is 0.222. The summed E-state index contributed by atoms with van der Waals surface area (Å²) < 4.78 is 1.03. The molecule has 1 N–H and O–H groups in total. The monoisotopic (exact) mass is 397 g/mol. The van der Waals surface area contributed by atoms with Crippen molar-refractivity contribution in [2.45, 2.75) is 29.0 Å². The van der Waals surface area contributed by atoms with Crippen LogP contribution in [-0.4, -0.2) is 29.5 Å². The van der Waals surface area contributed by atoms with Crippen molar-refractivity contribution in [3.63, 3.8) is 0 Å². The van der Waals surface area contributed by atoms with Crippen LogP contribution in [0.1, 0.15) is 17.7 Å². The van der Waals surface area contributed by atoms with E-state index in [0.29, 0.717) is 0 Å². The summed E-state index contributed by atoms with van der Waals surface area (Å²) in [7, 11) is 1.83. The standard InChI is InChI=1S/C21H23N3OS2/c1-16-15-26-21(22-16)27-19-12-10-18(11-13-19)23-20(25)24(2)14-6-9-17-7-4-3-5-8-17/h3-5,7-8,10-13,15H,6,9,14H2,1-2H3,(H,23,25). The van der Waals surface area contributed by atoms with Crippen LogP contribution in [-0.2, 0) is 6.42 Å². The number of benzene rings is 2. The quantitative estimate of drug-likeness (QED) is 0.556. The zero-order chi connectivity index (χ0) is 19.1. The van der Waals surface area contributed by atoms with Crippen LogP contribution in [0.15, 0.2) is 69.2 Å². The summed E-state index contributed by atoms with van der Waals surface area (Å²) in [5.74, 6) is 0. The first kappa shape index (κ1) is 19.5. The molecule has 27 heavy (non-hydrogen) atoms. The van der Waals surface area contributed by atoms with Gasteiger partial charge in [0.15, 0.2) is 4.34 Å². The average molecular weight is 398 g/mol. The van der Waals surface area contributed by atoms with Crippen LogP contribution in [0, 0.1) is 6.92 Å². The molecule has 0 saturated heterocycles. The number of amides is 2. The number of anilines is 1. The molecule has 1 heterocycles. The number of hydrogen-bond donors (Lipinski definition) is 1. The highest BCUT2D eigenvalue weighted by molar-refractivity contribution is 8.01. The van der Waals surface area contributed by atoms with E-state index in [4.69, 9.17) is 0 Å². The topological polar surface area (TPSA) is 45.2 Å². The maximum absolute atomic E-state index is 12.3. The van der Waals surface area contributed by atoms with Crippen LogP contribution in [0.3, 0.4) is 0 Å². The van der Waals surface area contributed by atoms with Gasteiger partial charge in [-0.05, 0) is 49.6 Å². The summed E-state index contributed by atoms with van der Waals surface area (Å²) in [6.07, 6.45) is 1.91. The Morgan fingerprint density at radius 2 is 1.89 bits per heavy atom. The summed E-state index contributed by atoms with van der Waals surface area (Å²) in [4.78, 5) is 19.6. The number of aryl methyl sites for hydroxylation is 2. The maximum atomic E-state index is 12.3. The van der Waals surface area contributed by atoms with E-state index in [1.165, 1.54) is 5.56 Å². The van der Waals surface area contributed by atoms with Crippen LogP contribution < -0.4 is 5.32 Å². The van der Waals surface area contributed by atoms with E-state index in [1.54, 1.807) is 28.0 Å². The number of thiazole rings is 1. The van der Waals surface area contributed by atoms with Crippen molar-refractivity contribution in [2.75, 3.05) is 18.9 Å². The molecule has 0 fully saturated rings. The Kier molecular flexibility index (Phi) is 6.90. The molecule has 0 aliphatic carbocycles. The van der Waals surface area contributed by atoms with Gasteiger partial charge < -0.3 is 10.2 Å². The van der Waals surface area contributed by atoms with Crippen molar-refractivity contribution in [1.29, 1.82) is 0 Å². The molecule has 3 aromatic rings. The van der Waals surface area contributed by atoms with Gasteiger partial charge >= 0.3 is 6.03 Å². The van der Waals surface area contributed by atoms with E-state index in [9.17, 15) is 4.79 Å². The minimum Gasteiger partial charge on any atom is -0.328 e. The largest absolute Gasteiger partial charge is 0.328 e. The number of carbonyl (C=O) groups is 1. The number of nitrogens with one attached hydrogen (secondary N) is 1. The van der Waals surface area contributed by atoms with Gasteiger partial charge in [0.1, 0.15) is 0 Å². The number of urea groups is 1. The minimum absolute atomic E-state index is 0.0842. The summed E-state index contributed by atoms with van der Waals surface area (Å²) >= 11 is 3.28. The Labute approximate surface area is 168 Å². The van der Waals surface area contributed by atoms with E-state index < -0.39 is 0 Å². The van der Waals surface area contributed by atoms with Gasteiger partial charge in [0.25, 0.3) is 0 Å². The lowest BCUT2D eigenvalue weighted by Gasteiger charge is -2.18. The van der Waals surface area contributed by atoms with Crippen LogP contribution >= 0.6 is 23.1 Å². The zero-order valence-corrected chi connectivity index (χ0v) is 17.1. The van der Waals surface area contributed by atoms with Crippen LogP contribution in [0.5, 0.6) is 0 Å². The molecule has 0 bridgehead atoms. The molecule has 140 valence electrons. The van der Waals surface area contributed by atoms with Crippen molar-refractivity contribution in [3.05, 3.63) is 71.2 Å². The molecular formula is C21H23N3OS2. The fourth-order valence-corrected chi connectivity index (χ4v) is 4.38. The Bertz CT molecular complexity index is 863. The Morgan fingerprint density at radius 1 is 1.15 bits per heavy atom. The van der Waals surface area contributed by atoms with E-state index in [2.05, 4.69) is 22.4 Å². The first-order chi connectivity index (χ1) is 13.1. The van der Waals surface area contributed by atoms with Gasteiger partial charge in [-0.3, -0.25) is 0 Å². The molecule has 1 aromatic heterocycles. The molecule has 0 spiro atoms. The number of aromatic nitrogens is 1. The lowest BCUT2D eigenvalue weighted by Crippen LogP contribution is -2.32. The number of rotatable bonds is 7. The van der Waals surface area contributed by atoms with Gasteiger partial charge in [0, 0.05) is 35.2 Å². The van der Waals surface area contributed by atoms with Gasteiger partial charge in [-0.25, -0.2) is 9.78 Å². The van der Waals surface area contributed by atoms with Gasteiger partial charge in [-0.15, -0.1) is 11.3 Å². The van der Waals surface area contributed by atoms with Crippen molar-refractivity contribution < 1.29 is 4.79 Å². The van der Waals surface area contributed by atoms with E-state index in [-0.39, 0.29) is 6.03 Å². The second-order valence-corrected chi connectivity index (χ2v) is 8.50. The number of hydrogen-bond acceptors (Lipinski definition) is 4. The summed E-state index contributed by atoms with van der Waals surface area (Å²) in [6, 6.07) is 18.1. The molecule has 2 amide bonds. The highest BCUT2D eigenvalue weighted by atomic mass is 32.2. The highest BCUT2D eigenvalue weighted by Gasteiger charge is 2.09. The van der Waals surface area contributed by atoms with E-state index in [0.717, 1.165) is 40.0 Å². The van der Waals surface area contributed by atoms with Crippen LogP contribution in [0.4, 0.5) is 10.5 Å². The molecule has 0 atom stereocenters. The molecule has 0 aliphatic heterocycles. The van der Waals surface area contributed by atoms with Crippen molar-refractivity contribution in [3.8, 4) is 0 Å². The normalized spacial score (nSPS) is 10.6. The molecule has 0 saturated carbocycles. The van der Waals surface area contributed by atoms with Gasteiger partial charge in [-0.1, -0.05) is 42.1 Å². The fourth-order valence-electron chi connectivity index (χ4n) is 2.57. The molecule has 0 aliphatic rings. The number of carbonyl (C=O) groups excluding carboxylic acids is 1. The average Bonchev–Trinajstić information content (AvgIpc) is 3.09. The lowest BCUT2D eigenvalue weighted by atomic mass is 10.1. The maximum Gasteiger partial charge on any atom is 0.321 e. The summed E-state index contributed by atoms with van der Waals surface area (Å²) in [6.45, 7) is 2.72. The van der Waals surface area contributed by atoms with Gasteiger partial charge in [0.2, 0.25) is 0 Å². The Hall–Kier alpha value is -2.31. The predicted molar refractivity (Wildman–Crippen MR) is 114 cm³/mol. The molecule has 0 radical (unpaired) electrons. The third kappa shape index (κ3) is 6.12. The summed E-state index contributed by atoms with van der Waals surface area (Å²) in [5, 5.41) is 5.00. The van der Waals surface area contributed by atoms with Gasteiger partial charge in [-0.2, -0.15) is 0 Å². The fraction of sp³-hybridized carbons (Fsp3) is 0.238. The highest BCUT2D eigenvalue weighted by Crippen LogP contribution is 2.30. The molecule has 3 rings (SSSR count). The van der Waals surface area contributed by atoms with E-state index >= 15 is 0 Å². The molecule has 2 aromatic carbocycles. The number of nitrogens with zero attached hydrogens (tertiary/aromatic N) is 2. The van der Waals surface area contributed by atoms with Gasteiger partial charge in [0.05, 0.1) is 0 Å². The van der Waals surface area contributed by atoms with Crippen LogP contribution in [0.2, 0.25) is 0 Å². The van der Waals surface area contributed by atoms with Crippen molar-refractivity contribution in [1.82, 2.24) is 9.88 Å². The molecule has 4 nitrogen and oxygen atoms in total. The van der Waals surface area contributed by atoms with Crippen LogP contribution in [0.25, 0.3) is 0 Å². The zero-order valence-electron chi connectivity index (χ0n) is 15.5. The predicted octanol–water partition coefficient (Wildman–Crippen LogP) is 5.70.